The van der Waals surface area contributed by atoms with Crippen LogP contribution >= 0.6 is 0 Å². The smallest absolute Gasteiger partial charge is 0.269 e. The number of non-ortho nitro benzene ring substituents is 1. The lowest BCUT2D eigenvalue weighted by Gasteiger charge is -2.15. The number of benzene rings is 1. The molecule has 0 aliphatic carbocycles. The highest BCUT2D eigenvalue weighted by atomic mass is 16.6. The van der Waals surface area contributed by atoms with Gasteiger partial charge < -0.3 is 5.32 Å². The van der Waals surface area contributed by atoms with Crippen LogP contribution in [0.15, 0.2) is 42.7 Å². The molecule has 5 heteroatoms. The normalized spacial score (nSPS) is 12.1. The van der Waals surface area contributed by atoms with Gasteiger partial charge in [-0.1, -0.05) is 12.1 Å². The SMILES string of the molecule is Cc1cnccc1CNC(C)c1ccc([N+](=O)[O-])cc1. The van der Waals surface area contributed by atoms with Gasteiger partial charge in [0.25, 0.3) is 5.69 Å². The molecule has 5 nitrogen and oxygen atoms in total. The van der Waals surface area contributed by atoms with Gasteiger partial charge in [-0.3, -0.25) is 15.1 Å². The minimum Gasteiger partial charge on any atom is -0.306 e. The molecule has 0 spiro atoms. The zero-order chi connectivity index (χ0) is 14.5. The van der Waals surface area contributed by atoms with Gasteiger partial charge in [0.2, 0.25) is 0 Å². The predicted octanol–water partition coefficient (Wildman–Crippen LogP) is 3.15. The van der Waals surface area contributed by atoms with Crippen LogP contribution in [0.5, 0.6) is 0 Å². The van der Waals surface area contributed by atoms with Crippen molar-refractivity contribution in [3.05, 3.63) is 69.5 Å². The Morgan fingerprint density at radius 3 is 2.60 bits per heavy atom. The monoisotopic (exact) mass is 271 g/mol. The van der Waals surface area contributed by atoms with Gasteiger partial charge in [-0.15, -0.1) is 0 Å². The molecule has 0 amide bonds. The second-order valence-electron chi connectivity index (χ2n) is 4.75. The molecule has 0 fully saturated rings. The zero-order valence-electron chi connectivity index (χ0n) is 11.5. The van der Waals surface area contributed by atoms with E-state index in [1.807, 2.05) is 26.1 Å². The van der Waals surface area contributed by atoms with Crippen LogP contribution in [-0.2, 0) is 6.54 Å². The van der Waals surface area contributed by atoms with Gasteiger partial charge in [0.05, 0.1) is 4.92 Å². The van der Waals surface area contributed by atoms with Crippen molar-refractivity contribution in [1.29, 1.82) is 0 Å². The van der Waals surface area contributed by atoms with Crippen LogP contribution in [-0.4, -0.2) is 9.91 Å². The number of nitro benzene ring substituents is 1. The molecule has 1 heterocycles. The van der Waals surface area contributed by atoms with E-state index in [-0.39, 0.29) is 16.7 Å². The summed E-state index contributed by atoms with van der Waals surface area (Å²) in [5.41, 5.74) is 3.50. The van der Waals surface area contributed by atoms with Crippen molar-refractivity contribution in [1.82, 2.24) is 10.3 Å². The Morgan fingerprint density at radius 2 is 2.00 bits per heavy atom. The van der Waals surface area contributed by atoms with Crippen LogP contribution in [0.3, 0.4) is 0 Å². The van der Waals surface area contributed by atoms with Gasteiger partial charge >= 0.3 is 0 Å². The summed E-state index contributed by atoms with van der Waals surface area (Å²) < 4.78 is 0. The van der Waals surface area contributed by atoms with Gasteiger partial charge in [-0.05, 0) is 36.6 Å². The van der Waals surface area contributed by atoms with E-state index in [0.29, 0.717) is 0 Å². The minimum atomic E-state index is -0.387. The summed E-state index contributed by atoms with van der Waals surface area (Å²) in [7, 11) is 0. The first-order valence-electron chi connectivity index (χ1n) is 6.45. The summed E-state index contributed by atoms with van der Waals surface area (Å²) in [6.07, 6.45) is 3.62. The number of hydrogen-bond acceptors (Lipinski definition) is 4. The van der Waals surface area contributed by atoms with Crippen molar-refractivity contribution in [3.8, 4) is 0 Å². The lowest BCUT2D eigenvalue weighted by molar-refractivity contribution is -0.384. The summed E-state index contributed by atoms with van der Waals surface area (Å²) in [6.45, 7) is 4.81. The number of nitrogens with one attached hydrogen (secondary N) is 1. The lowest BCUT2D eigenvalue weighted by atomic mass is 10.1. The van der Waals surface area contributed by atoms with Crippen molar-refractivity contribution >= 4 is 5.69 Å². The summed E-state index contributed by atoms with van der Waals surface area (Å²) in [5.74, 6) is 0. The fourth-order valence-electron chi connectivity index (χ4n) is 1.97. The average Bonchev–Trinajstić information content (AvgIpc) is 2.46. The molecule has 1 N–H and O–H groups in total. The minimum absolute atomic E-state index is 0.117. The van der Waals surface area contributed by atoms with Gasteiger partial charge in [0, 0.05) is 37.1 Å². The summed E-state index contributed by atoms with van der Waals surface area (Å²) in [4.78, 5) is 14.3. The van der Waals surface area contributed by atoms with Crippen LogP contribution in [0.2, 0.25) is 0 Å². The second-order valence-corrected chi connectivity index (χ2v) is 4.75. The van der Waals surface area contributed by atoms with E-state index in [2.05, 4.69) is 10.3 Å². The molecule has 0 saturated carbocycles. The van der Waals surface area contributed by atoms with Crippen molar-refractivity contribution < 1.29 is 4.92 Å². The van der Waals surface area contributed by atoms with E-state index in [1.54, 1.807) is 18.3 Å². The maximum atomic E-state index is 10.6. The third-order valence-electron chi connectivity index (χ3n) is 3.34. The first kappa shape index (κ1) is 14.1. The lowest BCUT2D eigenvalue weighted by Crippen LogP contribution is -2.18. The van der Waals surface area contributed by atoms with E-state index >= 15 is 0 Å². The largest absolute Gasteiger partial charge is 0.306 e. The molecule has 20 heavy (non-hydrogen) atoms. The number of hydrogen-bond donors (Lipinski definition) is 1. The van der Waals surface area contributed by atoms with Crippen LogP contribution in [0.25, 0.3) is 0 Å². The molecule has 0 saturated heterocycles. The fraction of sp³-hybridized carbons (Fsp3) is 0.267. The number of rotatable bonds is 5. The number of nitrogens with zero attached hydrogens (tertiary/aromatic N) is 2. The molecule has 0 bridgehead atoms. The van der Waals surface area contributed by atoms with Crippen LogP contribution in [0, 0.1) is 17.0 Å². The molecule has 0 aliphatic rings. The van der Waals surface area contributed by atoms with Crippen LogP contribution < -0.4 is 5.32 Å². The highest BCUT2D eigenvalue weighted by Crippen LogP contribution is 2.18. The Labute approximate surface area is 117 Å². The number of aromatic nitrogens is 1. The highest BCUT2D eigenvalue weighted by Gasteiger charge is 2.09. The third-order valence-corrected chi connectivity index (χ3v) is 3.34. The average molecular weight is 271 g/mol. The fourth-order valence-corrected chi connectivity index (χ4v) is 1.97. The topological polar surface area (TPSA) is 68.1 Å². The molecule has 1 aromatic carbocycles. The molecule has 104 valence electrons. The van der Waals surface area contributed by atoms with E-state index in [1.165, 1.54) is 17.7 Å². The van der Waals surface area contributed by atoms with Gasteiger partial charge in [0.15, 0.2) is 0 Å². The molecule has 1 atom stereocenters. The number of pyridine rings is 1. The van der Waals surface area contributed by atoms with Gasteiger partial charge in [-0.25, -0.2) is 0 Å². The number of nitro groups is 1. The Balaban J connectivity index is 2.00. The Kier molecular flexibility index (Phi) is 4.42. The Morgan fingerprint density at radius 1 is 1.30 bits per heavy atom. The summed E-state index contributed by atoms with van der Waals surface area (Å²) in [5, 5.41) is 14.0. The standard InChI is InChI=1S/C15H17N3O2/c1-11-9-16-8-7-14(11)10-17-12(2)13-3-5-15(6-4-13)18(19)20/h3-9,12,17H,10H2,1-2H3. The van der Waals surface area contributed by atoms with Crippen molar-refractivity contribution in [3.63, 3.8) is 0 Å². The van der Waals surface area contributed by atoms with Crippen LogP contribution in [0.1, 0.15) is 29.7 Å². The maximum absolute atomic E-state index is 10.6. The van der Waals surface area contributed by atoms with Crippen molar-refractivity contribution in [2.75, 3.05) is 0 Å². The maximum Gasteiger partial charge on any atom is 0.269 e. The Hall–Kier alpha value is -2.27. The van der Waals surface area contributed by atoms with Crippen LogP contribution in [0.4, 0.5) is 5.69 Å². The number of aryl methyl sites for hydroxylation is 1. The van der Waals surface area contributed by atoms with E-state index < -0.39 is 0 Å². The highest BCUT2D eigenvalue weighted by molar-refractivity contribution is 5.34. The molecule has 0 radical (unpaired) electrons. The first-order chi connectivity index (χ1) is 9.58. The van der Waals surface area contributed by atoms with E-state index in [0.717, 1.165) is 17.7 Å². The first-order valence-corrected chi connectivity index (χ1v) is 6.45. The second kappa shape index (κ2) is 6.25. The summed E-state index contributed by atoms with van der Waals surface area (Å²) >= 11 is 0. The van der Waals surface area contributed by atoms with Gasteiger partial charge in [0.1, 0.15) is 0 Å². The molecule has 2 rings (SSSR count). The third kappa shape index (κ3) is 3.39. The van der Waals surface area contributed by atoms with E-state index in [9.17, 15) is 10.1 Å². The van der Waals surface area contributed by atoms with Gasteiger partial charge in [-0.2, -0.15) is 0 Å². The molecule has 1 unspecified atom stereocenters. The molecule has 1 aromatic heterocycles. The summed E-state index contributed by atoms with van der Waals surface area (Å²) in [6, 6.07) is 8.76. The zero-order valence-corrected chi connectivity index (χ0v) is 11.5. The van der Waals surface area contributed by atoms with Crippen molar-refractivity contribution in [2.24, 2.45) is 0 Å². The molecule has 0 aliphatic heterocycles. The molecule has 2 aromatic rings. The quantitative estimate of drug-likeness (QED) is 0.670. The molecular formula is C15H17N3O2. The van der Waals surface area contributed by atoms with E-state index in [4.69, 9.17) is 0 Å². The Bertz CT molecular complexity index is 596. The molecular weight excluding hydrogens is 254 g/mol. The van der Waals surface area contributed by atoms with Crippen molar-refractivity contribution in [2.45, 2.75) is 26.4 Å². The predicted molar refractivity (Wildman–Crippen MR) is 77.3 cm³/mol.